The Morgan fingerprint density at radius 2 is 2.14 bits per heavy atom. The standard InChI is InChI=1S/C17H16F3N7O2/c1-26-12(15(28)23-9-17(18,19)20)7-14(25-26)24-13-6-11(2-4-22-13)27-5-3-10(8-21)16(27)29/h2,4,6-7,10H,3,5,9H2,1H3,(H,23,28)(H,22,24,25). The van der Waals surface area contributed by atoms with Crippen molar-refractivity contribution in [2.45, 2.75) is 12.6 Å². The van der Waals surface area contributed by atoms with Gasteiger partial charge in [-0.3, -0.25) is 14.3 Å². The molecule has 2 aromatic heterocycles. The predicted molar refractivity (Wildman–Crippen MR) is 95.2 cm³/mol. The van der Waals surface area contributed by atoms with Gasteiger partial charge in [-0.25, -0.2) is 4.98 Å². The van der Waals surface area contributed by atoms with Gasteiger partial charge >= 0.3 is 6.18 Å². The van der Waals surface area contributed by atoms with E-state index in [0.717, 1.165) is 4.68 Å². The Hall–Kier alpha value is -3.62. The molecule has 0 spiro atoms. The molecule has 2 aromatic rings. The van der Waals surface area contributed by atoms with Gasteiger partial charge in [0.25, 0.3) is 5.91 Å². The summed E-state index contributed by atoms with van der Waals surface area (Å²) in [7, 11) is 1.42. The first-order valence-electron chi connectivity index (χ1n) is 8.51. The second-order valence-electron chi connectivity index (χ2n) is 6.32. The van der Waals surface area contributed by atoms with Crippen molar-refractivity contribution in [3.8, 4) is 6.07 Å². The molecule has 2 N–H and O–H groups in total. The number of amides is 2. The van der Waals surface area contributed by atoms with Gasteiger partial charge in [-0.15, -0.1) is 0 Å². The molecule has 1 saturated heterocycles. The van der Waals surface area contributed by atoms with Gasteiger partial charge in [0.1, 0.15) is 24.0 Å². The number of aromatic nitrogens is 3. The number of nitrogens with zero attached hydrogens (tertiary/aromatic N) is 5. The molecule has 3 rings (SSSR count). The van der Waals surface area contributed by atoms with E-state index in [1.807, 2.05) is 6.07 Å². The molecule has 9 nitrogen and oxygen atoms in total. The lowest BCUT2D eigenvalue weighted by Gasteiger charge is -2.16. The minimum Gasteiger partial charge on any atom is -0.342 e. The van der Waals surface area contributed by atoms with Gasteiger partial charge in [0.15, 0.2) is 5.82 Å². The summed E-state index contributed by atoms with van der Waals surface area (Å²) in [5.41, 5.74) is 0.476. The number of alkyl halides is 3. The first-order valence-corrected chi connectivity index (χ1v) is 8.51. The van der Waals surface area contributed by atoms with Crippen LogP contribution in [0.25, 0.3) is 0 Å². The second kappa shape index (κ2) is 7.78. The molecule has 0 radical (unpaired) electrons. The zero-order chi connectivity index (χ0) is 21.2. The number of aryl methyl sites for hydroxylation is 1. The Balaban J connectivity index is 1.72. The molecule has 2 amide bonds. The summed E-state index contributed by atoms with van der Waals surface area (Å²) in [5, 5.41) is 17.6. The summed E-state index contributed by atoms with van der Waals surface area (Å²) in [6.45, 7) is -1.04. The van der Waals surface area contributed by atoms with E-state index in [4.69, 9.17) is 5.26 Å². The van der Waals surface area contributed by atoms with Crippen LogP contribution in [0.15, 0.2) is 24.4 Å². The van der Waals surface area contributed by atoms with Crippen molar-refractivity contribution >= 4 is 29.1 Å². The number of carbonyl (C=O) groups is 2. The number of halogens is 3. The van der Waals surface area contributed by atoms with Crippen LogP contribution in [-0.2, 0) is 11.8 Å². The number of hydrogen-bond donors (Lipinski definition) is 2. The van der Waals surface area contributed by atoms with Crippen molar-refractivity contribution in [2.24, 2.45) is 13.0 Å². The lowest BCUT2D eigenvalue weighted by molar-refractivity contribution is -0.123. The summed E-state index contributed by atoms with van der Waals surface area (Å²) in [6, 6.07) is 6.45. The maximum absolute atomic E-state index is 12.3. The molecule has 0 aromatic carbocycles. The number of carbonyl (C=O) groups excluding carboxylic acids is 2. The number of nitrogens with one attached hydrogen (secondary N) is 2. The molecule has 1 aliphatic rings. The zero-order valence-corrected chi connectivity index (χ0v) is 15.2. The molecule has 1 fully saturated rings. The summed E-state index contributed by atoms with van der Waals surface area (Å²) in [6.07, 6.45) is -2.61. The lowest BCUT2D eigenvalue weighted by Crippen LogP contribution is -2.34. The van der Waals surface area contributed by atoms with Gasteiger partial charge in [-0.2, -0.15) is 23.5 Å². The monoisotopic (exact) mass is 407 g/mol. The molecule has 1 unspecified atom stereocenters. The molecule has 29 heavy (non-hydrogen) atoms. The third kappa shape index (κ3) is 4.63. The van der Waals surface area contributed by atoms with Gasteiger partial charge in [0, 0.05) is 37.6 Å². The average Bonchev–Trinajstić information content (AvgIpc) is 3.21. The number of nitriles is 1. The smallest absolute Gasteiger partial charge is 0.342 e. The Morgan fingerprint density at radius 1 is 1.38 bits per heavy atom. The minimum absolute atomic E-state index is 0.0699. The first kappa shape index (κ1) is 20.1. The van der Waals surface area contributed by atoms with Crippen LogP contribution < -0.4 is 15.5 Å². The van der Waals surface area contributed by atoms with Crippen LogP contribution in [0.2, 0.25) is 0 Å². The largest absolute Gasteiger partial charge is 0.405 e. The van der Waals surface area contributed by atoms with Crippen LogP contribution in [0.3, 0.4) is 0 Å². The molecular formula is C17H16F3N7O2. The van der Waals surface area contributed by atoms with E-state index in [0.29, 0.717) is 24.5 Å². The minimum atomic E-state index is -4.52. The molecule has 1 atom stereocenters. The van der Waals surface area contributed by atoms with Crippen molar-refractivity contribution in [3.05, 3.63) is 30.1 Å². The molecule has 1 aliphatic heterocycles. The van der Waals surface area contributed by atoms with E-state index in [1.54, 1.807) is 17.4 Å². The van der Waals surface area contributed by atoms with Crippen molar-refractivity contribution < 1.29 is 22.8 Å². The zero-order valence-electron chi connectivity index (χ0n) is 15.2. The van der Waals surface area contributed by atoms with E-state index >= 15 is 0 Å². The van der Waals surface area contributed by atoms with Gasteiger partial charge in [0.05, 0.1) is 6.07 Å². The molecule has 152 valence electrons. The fourth-order valence-electron chi connectivity index (χ4n) is 2.85. The van der Waals surface area contributed by atoms with Crippen LogP contribution >= 0.6 is 0 Å². The summed E-state index contributed by atoms with van der Waals surface area (Å²) >= 11 is 0. The Kier molecular flexibility index (Phi) is 5.40. The van der Waals surface area contributed by atoms with E-state index in [1.165, 1.54) is 24.2 Å². The van der Waals surface area contributed by atoms with Crippen molar-refractivity contribution in [1.82, 2.24) is 20.1 Å². The van der Waals surface area contributed by atoms with Crippen LogP contribution in [-0.4, -0.2) is 45.8 Å². The van der Waals surface area contributed by atoms with E-state index in [9.17, 15) is 22.8 Å². The highest BCUT2D eigenvalue weighted by Gasteiger charge is 2.32. The highest BCUT2D eigenvalue weighted by Crippen LogP contribution is 2.27. The molecule has 0 aliphatic carbocycles. The highest BCUT2D eigenvalue weighted by molar-refractivity contribution is 5.99. The van der Waals surface area contributed by atoms with Gasteiger partial charge < -0.3 is 15.5 Å². The quantitative estimate of drug-likeness (QED) is 0.780. The van der Waals surface area contributed by atoms with Crippen molar-refractivity contribution in [2.75, 3.05) is 23.3 Å². The lowest BCUT2D eigenvalue weighted by atomic mass is 10.1. The topological polar surface area (TPSA) is 116 Å². The molecule has 0 saturated carbocycles. The SMILES string of the molecule is Cn1nc(Nc2cc(N3CCC(C#N)C3=O)ccn2)cc1C(=O)NCC(F)(F)F. The number of pyridine rings is 1. The summed E-state index contributed by atoms with van der Waals surface area (Å²) < 4.78 is 37.9. The molecule has 0 bridgehead atoms. The molecule has 12 heteroatoms. The summed E-state index contributed by atoms with van der Waals surface area (Å²) in [5.74, 6) is -1.37. The molecular weight excluding hydrogens is 391 g/mol. The fraction of sp³-hybridized carbons (Fsp3) is 0.353. The van der Waals surface area contributed by atoms with Gasteiger partial charge in [0.2, 0.25) is 5.91 Å². The van der Waals surface area contributed by atoms with Crippen molar-refractivity contribution in [3.63, 3.8) is 0 Å². The third-order valence-corrected chi connectivity index (χ3v) is 4.23. The maximum atomic E-state index is 12.3. The Morgan fingerprint density at radius 3 is 2.79 bits per heavy atom. The van der Waals surface area contributed by atoms with E-state index < -0.39 is 24.5 Å². The van der Waals surface area contributed by atoms with E-state index in [-0.39, 0.29) is 17.4 Å². The normalized spacial score (nSPS) is 16.6. The summed E-state index contributed by atoms with van der Waals surface area (Å²) in [4.78, 5) is 29.7. The Bertz CT molecular complexity index is 980. The van der Waals surface area contributed by atoms with E-state index in [2.05, 4.69) is 15.4 Å². The van der Waals surface area contributed by atoms with Crippen LogP contribution in [0, 0.1) is 17.2 Å². The van der Waals surface area contributed by atoms with Gasteiger partial charge in [-0.05, 0) is 12.5 Å². The van der Waals surface area contributed by atoms with Crippen LogP contribution in [0.4, 0.5) is 30.5 Å². The van der Waals surface area contributed by atoms with Crippen LogP contribution in [0.5, 0.6) is 0 Å². The second-order valence-corrected chi connectivity index (χ2v) is 6.32. The Labute approximate surface area is 163 Å². The average molecular weight is 407 g/mol. The molecule has 3 heterocycles. The first-order chi connectivity index (χ1) is 13.7. The van der Waals surface area contributed by atoms with Crippen LogP contribution in [0.1, 0.15) is 16.9 Å². The fourth-order valence-corrected chi connectivity index (χ4v) is 2.85. The third-order valence-electron chi connectivity index (χ3n) is 4.23. The number of hydrogen-bond acceptors (Lipinski definition) is 6. The predicted octanol–water partition coefficient (Wildman–Crippen LogP) is 1.73. The maximum Gasteiger partial charge on any atom is 0.405 e. The van der Waals surface area contributed by atoms with Gasteiger partial charge in [-0.1, -0.05) is 0 Å². The highest BCUT2D eigenvalue weighted by atomic mass is 19.4. The number of anilines is 3. The number of rotatable bonds is 5. The van der Waals surface area contributed by atoms with Crippen molar-refractivity contribution in [1.29, 1.82) is 5.26 Å².